The Morgan fingerprint density at radius 2 is 1.95 bits per heavy atom. The highest BCUT2D eigenvalue weighted by Gasteiger charge is 2.39. The molecule has 3 atom stereocenters. The van der Waals surface area contributed by atoms with Gasteiger partial charge in [0.15, 0.2) is 5.82 Å². The van der Waals surface area contributed by atoms with Gasteiger partial charge in [0.05, 0.1) is 24.4 Å². The number of nitrogens with two attached hydrogens (primary N) is 1. The molecule has 9 nitrogen and oxygen atoms in total. The van der Waals surface area contributed by atoms with Gasteiger partial charge >= 0.3 is 6.18 Å². The van der Waals surface area contributed by atoms with Gasteiger partial charge in [0.25, 0.3) is 5.91 Å². The molecule has 13 heteroatoms. The summed E-state index contributed by atoms with van der Waals surface area (Å²) in [5.41, 5.74) is 6.91. The van der Waals surface area contributed by atoms with Gasteiger partial charge in [-0.2, -0.15) is 18.3 Å². The standard InChI is InChI=1S/C29H29F4N7O2/c1-42-28-19(10-17(12-35-28)24-11-20(29(31,32)33)25-26(34)36-15-37-40(24)25)27(41)38-22-14-39(13-21(22)30)23-9-5-3-7-16-6-2-4-8-18(16)23/h2,4,6,8,10-12,15,21-23H,3,5,7,9,13-14H2,1H3,(H,38,41)(H2,34,36,37)/t21-,22+,23?/m0/s1. The molecule has 3 aromatic heterocycles. The summed E-state index contributed by atoms with van der Waals surface area (Å²) < 4.78 is 63.1. The Bertz CT molecular complexity index is 1640. The summed E-state index contributed by atoms with van der Waals surface area (Å²) in [6.07, 6.45) is 0.266. The number of pyridine rings is 1. The molecule has 42 heavy (non-hydrogen) atoms. The third-order valence-corrected chi connectivity index (χ3v) is 8.09. The second-order valence-corrected chi connectivity index (χ2v) is 10.6. The molecule has 2 aliphatic rings. The van der Waals surface area contributed by atoms with E-state index in [0.29, 0.717) is 6.54 Å². The Hall–Kier alpha value is -4.26. The number of fused-ring (bicyclic) bond motifs is 2. The fourth-order valence-corrected chi connectivity index (χ4v) is 6.11. The molecule has 0 spiro atoms. The number of alkyl halides is 4. The van der Waals surface area contributed by atoms with E-state index in [1.807, 2.05) is 12.1 Å². The predicted octanol–water partition coefficient (Wildman–Crippen LogP) is 4.62. The second kappa shape index (κ2) is 10.9. The average Bonchev–Trinajstić information content (AvgIpc) is 3.47. The summed E-state index contributed by atoms with van der Waals surface area (Å²) in [6.45, 7) is 0.493. The molecule has 1 aliphatic heterocycles. The smallest absolute Gasteiger partial charge is 0.418 e. The van der Waals surface area contributed by atoms with Crippen molar-refractivity contribution in [3.05, 3.63) is 71.2 Å². The summed E-state index contributed by atoms with van der Waals surface area (Å²) >= 11 is 0. The number of likely N-dealkylation sites (tertiary alicyclic amines) is 1. The topological polar surface area (TPSA) is 111 Å². The van der Waals surface area contributed by atoms with Crippen LogP contribution in [0.2, 0.25) is 0 Å². The number of carbonyl (C=O) groups is 1. The van der Waals surface area contributed by atoms with Crippen LogP contribution >= 0.6 is 0 Å². The molecule has 1 saturated heterocycles. The van der Waals surface area contributed by atoms with E-state index in [1.54, 1.807) is 0 Å². The number of aryl methyl sites for hydroxylation is 1. The van der Waals surface area contributed by atoms with Gasteiger partial charge in [0.2, 0.25) is 5.88 Å². The third kappa shape index (κ3) is 5.02. The molecule has 1 fully saturated rings. The molecule has 0 radical (unpaired) electrons. The van der Waals surface area contributed by atoms with Crippen molar-refractivity contribution in [3.8, 4) is 17.1 Å². The van der Waals surface area contributed by atoms with Gasteiger partial charge < -0.3 is 15.8 Å². The van der Waals surface area contributed by atoms with Crippen molar-refractivity contribution in [1.82, 2.24) is 29.8 Å². The number of methoxy groups -OCH3 is 1. The number of aromatic nitrogens is 4. The molecule has 3 N–H and O–H groups in total. The fourth-order valence-electron chi connectivity index (χ4n) is 6.11. The van der Waals surface area contributed by atoms with Gasteiger partial charge in [0.1, 0.15) is 23.6 Å². The van der Waals surface area contributed by atoms with Crippen molar-refractivity contribution >= 4 is 17.2 Å². The lowest BCUT2D eigenvalue weighted by molar-refractivity contribution is -0.136. The molecular weight excluding hydrogens is 554 g/mol. The van der Waals surface area contributed by atoms with E-state index in [4.69, 9.17) is 10.5 Å². The van der Waals surface area contributed by atoms with Crippen molar-refractivity contribution < 1.29 is 27.1 Å². The maximum atomic E-state index is 15.4. The van der Waals surface area contributed by atoms with Crippen LogP contribution in [0, 0.1) is 0 Å². The monoisotopic (exact) mass is 583 g/mol. The molecule has 0 bridgehead atoms. The highest BCUT2D eigenvalue weighted by molar-refractivity contribution is 5.98. The minimum atomic E-state index is -4.73. The number of nitrogen functional groups attached to an aromatic ring is 1. The zero-order valence-corrected chi connectivity index (χ0v) is 22.7. The molecule has 4 aromatic rings. The minimum absolute atomic E-state index is 0.00179. The molecule has 6 rings (SSSR count). The molecule has 4 heterocycles. The molecule has 1 aliphatic carbocycles. The highest BCUT2D eigenvalue weighted by atomic mass is 19.4. The Morgan fingerprint density at radius 3 is 2.74 bits per heavy atom. The van der Waals surface area contributed by atoms with Crippen molar-refractivity contribution in [2.75, 3.05) is 25.9 Å². The molecule has 1 aromatic carbocycles. The molecule has 1 unspecified atom stereocenters. The largest absolute Gasteiger partial charge is 0.480 e. The van der Waals surface area contributed by atoms with Gasteiger partial charge in [-0.25, -0.2) is 18.9 Å². The van der Waals surface area contributed by atoms with Crippen LogP contribution < -0.4 is 15.8 Å². The highest BCUT2D eigenvalue weighted by Crippen LogP contribution is 2.39. The first-order valence-electron chi connectivity index (χ1n) is 13.7. The summed E-state index contributed by atoms with van der Waals surface area (Å²) in [4.78, 5) is 23.4. The van der Waals surface area contributed by atoms with Crippen LogP contribution in [-0.2, 0) is 12.6 Å². The molecule has 220 valence electrons. The number of benzene rings is 1. The quantitative estimate of drug-likeness (QED) is 0.261. The van der Waals surface area contributed by atoms with Crippen LogP contribution in [0.15, 0.2) is 48.9 Å². The van der Waals surface area contributed by atoms with Crippen LogP contribution in [0.1, 0.15) is 52.4 Å². The van der Waals surface area contributed by atoms with Gasteiger partial charge in [0, 0.05) is 30.9 Å². The lowest BCUT2D eigenvalue weighted by atomic mass is 9.98. The summed E-state index contributed by atoms with van der Waals surface area (Å²) in [5, 5.41) is 6.72. The van der Waals surface area contributed by atoms with Crippen molar-refractivity contribution in [2.24, 2.45) is 0 Å². The van der Waals surface area contributed by atoms with E-state index in [-0.39, 0.29) is 41.1 Å². The normalized spacial score (nSPS) is 21.2. The first-order valence-corrected chi connectivity index (χ1v) is 13.7. The van der Waals surface area contributed by atoms with Crippen LogP contribution in [-0.4, -0.2) is 62.8 Å². The van der Waals surface area contributed by atoms with Crippen molar-refractivity contribution in [2.45, 2.75) is 50.1 Å². The molecular formula is C29H29F4N7O2. The zero-order chi connectivity index (χ0) is 29.6. The summed E-state index contributed by atoms with van der Waals surface area (Å²) in [7, 11) is 1.32. The number of hydrogen-bond acceptors (Lipinski definition) is 7. The van der Waals surface area contributed by atoms with E-state index in [2.05, 4.69) is 37.4 Å². The van der Waals surface area contributed by atoms with E-state index >= 15 is 4.39 Å². The number of nitrogens with one attached hydrogen (secondary N) is 1. The van der Waals surface area contributed by atoms with E-state index in [1.165, 1.54) is 30.5 Å². The maximum Gasteiger partial charge on any atom is 0.418 e. The number of rotatable bonds is 5. The number of halogens is 4. The molecule has 1 amide bonds. The van der Waals surface area contributed by atoms with E-state index in [9.17, 15) is 18.0 Å². The second-order valence-electron chi connectivity index (χ2n) is 10.6. The first-order chi connectivity index (χ1) is 20.2. The van der Waals surface area contributed by atoms with Gasteiger partial charge in [-0.3, -0.25) is 9.69 Å². The van der Waals surface area contributed by atoms with Crippen LogP contribution in [0.25, 0.3) is 16.8 Å². The Kier molecular flexibility index (Phi) is 7.21. The number of nitrogens with zero attached hydrogens (tertiary/aromatic N) is 5. The van der Waals surface area contributed by atoms with Gasteiger partial charge in [-0.05, 0) is 42.5 Å². The number of hydrogen-bond donors (Lipinski definition) is 2. The zero-order valence-electron chi connectivity index (χ0n) is 22.7. The van der Waals surface area contributed by atoms with Crippen molar-refractivity contribution in [3.63, 3.8) is 0 Å². The Balaban J connectivity index is 1.28. The number of carbonyl (C=O) groups excluding carboxylic acids is 1. The van der Waals surface area contributed by atoms with Gasteiger partial charge in [-0.15, -0.1) is 0 Å². The van der Waals surface area contributed by atoms with Crippen LogP contribution in [0.3, 0.4) is 0 Å². The number of ether oxygens (including phenoxy) is 1. The van der Waals surface area contributed by atoms with Gasteiger partial charge in [-0.1, -0.05) is 30.7 Å². The Morgan fingerprint density at radius 1 is 1.14 bits per heavy atom. The summed E-state index contributed by atoms with van der Waals surface area (Å²) in [5.74, 6) is -1.05. The predicted molar refractivity (Wildman–Crippen MR) is 147 cm³/mol. The number of amides is 1. The Labute approximate surface area is 238 Å². The average molecular weight is 584 g/mol. The van der Waals surface area contributed by atoms with E-state index < -0.39 is 35.4 Å². The van der Waals surface area contributed by atoms with Crippen LogP contribution in [0.4, 0.5) is 23.4 Å². The third-order valence-electron chi connectivity index (χ3n) is 8.09. The van der Waals surface area contributed by atoms with E-state index in [0.717, 1.165) is 42.6 Å². The first kappa shape index (κ1) is 27.9. The minimum Gasteiger partial charge on any atom is -0.480 e. The number of anilines is 1. The lowest BCUT2D eigenvalue weighted by Gasteiger charge is -2.28. The van der Waals surface area contributed by atoms with Crippen LogP contribution in [0.5, 0.6) is 5.88 Å². The summed E-state index contributed by atoms with van der Waals surface area (Å²) in [6, 6.07) is 9.73. The molecule has 0 saturated carbocycles. The SMILES string of the molecule is COc1ncc(-c2cc(C(F)(F)F)c3c(N)ncnn23)cc1C(=O)N[C@@H]1CN(C2CCCCc3ccccc32)C[C@@H]1F. The fraction of sp³-hybridized carbons (Fsp3) is 0.379. The lowest BCUT2D eigenvalue weighted by Crippen LogP contribution is -2.41. The van der Waals surface area contributed by atoms with Crippen molar-refractivity contribution in [1.29, 1.82) is 0 Å². The maximum absolute atomic E-state index is 15.4.